The Labute approximate surface area is 106 Å². The molecule has 1 aromatic carbocycles. The zero-order valence-corrected chi connectivity index (χ0v) is 11.4. The molecule has 0 radical (unpaired) electrons. The molecule has 1 amide bonds. The molecule has 5 heteroatoms. The van der Waals surface area contributed by atoms with Crippen LogP contribution in [0.5, 0.6) is 0 Å². The van der Waals surface area contributed by atoms with Crippen molar-refractivity contribution in [1.82, 2.24) is 5.32 Å². The van der Waals surface area contributed by atoms with Gasteiger partial charge in [-0.05, 0) is 41.1 Å². The van der Waals surface area contributed by atoms with Gasteiger partial charge in [0.05, 0.1) is 5.56 Å². The van der Waals surface area contributed by atoms with E-state index in [0.717, 1.165) is 8.95 Å². The summed E-state index contributed by atoms with van der Waals surface area (Å²) in [5.41, 5.74) is 6.04. The van der Waals surface area contributed by atoms with E-state index >= 15 is 0 Å². The first-order valence-corrected chi connectivity index (χ1v) is 6.09. The van der Waals surface area contributed by atoms with E-state index in [-0.39, 0.29) is 11.9 Å². The summed E-state index contributed by atoms with van der Waals surface area (Å²) in [6.45, 7) is 2.30. The number of hydrogen-bond donors (Lipinski definition) is 2. The summed E-state index contributed by atoms with van der Waals surface area (Å²) < 4.78 is 1.69. The Morgan fingerprint density at radius 3 is 2.73 bits per heavy atom. The quantitative estimate of drug-likeness (QED) is 0.890. The summed E-state index contributed by atoms with van der Waals surface area (Å²) >= 11 is 6.67. The van der Waals surface area contributed by atoms with Gasteiger partial charge < -0.3 is 11.1 Å². The van der Waals surface area contributed by atoms with Crippen LogP contribution >= 0.6 is 31.9 Å². The van der Waals surface area contributed by atoms with E-state index in [9.17, 15) is 4.79 Å². The van der Waals surface area contributed by atoms with E-state index in [0.29, 0.717) is 12.1 Å². The van der Waals surface area contributed by atoms with E-state index in [4.69, 9.17) is 5.73 Å². The molecule has 3 N–H and O–H groups in total. The lowest BCUT2D eigenvalue weighted by atomic mass is 10.2. The van der Waals surface area contributed by atoms with Crippen LogP contribution in [0.4, 0.5) is 0 Å². The van der Waals surface area contributed by atoms with Crippen LogP contribution < -0.4 is 11.1 Å². The highest BCUT2D eigenvalue weighted by Gasteiger charge is 2.11. The first kappa shape index (κ1) is 12.7. The number of amides is 1. The summed E-state index contributed by atoms with van der Waals surface area (Å²) in [5.74, 6) is -0.118. The monoisotopic (exact) mass is 334 g/mol. The van der Waals surface area contributed by atoms with E-state index in [1.54, 1.807) is 6.07 Å². The van der Waals surface area contributed by atoms with Gasteiger partial charge in [-0.1, -0.05) is 15.9 Å². The highest BCUT2D eigenvalue weighted by molar-refractivity contribution is 9.11. The Balaban J connectivity index is 2.82. The number of carbonyl (C=O) groups is 1. The van der Waals surface area contributed by atoms with Crippen molar-refractivity contribution >= 4 is 37.8 Å². The van der Waals surface area contributed by atoms with Crippen molar-refractivity contribution in [2.75, 3.05) is 6.54 Å². The predicted molar refractivity (Wildman–Crippen MR) is 67.8 cm³/mol. The van der Waals surface area contributed by atoms with Crippen molar-refractivity contribution in [2.24, 2.45) is 5.73 Å². The Bertz CT molecular complexity index is 368. The molecular weight excluding hydrogens is 324 g/mol. The molecule has 0 aliphatic heterocycles. The second-order valence-electron chi connectivity index (χ2n) is 3.23. The number of hydrogen-bond acceptors (Lipinski definition) is 2. The SMILES string of the molecule is C[C@H](CN)NC(=O)c1ccc(Br)cc1Br. The predicted octanol–water partition coefficient (Wildman–Crippen LogP) is 2.29. The smallest absolute Gasteiger partial charge is 0.252 e. The van der Waals surface area contributed by atoms with Crippen LogP contribution in [0.2, 0.25) is 0 Å². The van der Waals surface area contributed by atoms with Gasteiger partial charge in [-0.2, -0.15) is 0 Å². The Morgan fingerprint density at radius 1 is 1.53 bits per heavy atom. The van der Waals surface area contributed by atoms with Crippen molar-refractivity contribution < 1.29 is 4.79 Å². The highest BCUT2D eigenvalue weighted by Crippen LogP contribution is 2.21. The third kappa shape index (κ3) is 3.59. The number of carbonyl (C=O) groups excluding carboxylic acids is 1. The van der Waals surface area contributed by atoms with Gasteiger partial charge >= 0.3 is 0 Å². The topological polar surface area (TPSA) is 55.1 Å². The molecule has 0 saturated heterocycles. The molecule has 0 aromatic heterocycles. The van der Waals surface area contributed by atoms with Gasteiger partial charge in [-0.15, -0.1) is 0 Å². The van der Waals surface area contributed by atoms with Crippen LogP contribution in [-0.2, 0) is 0 Å². The minimum absolute atomic E-state index is 0.0203. The number of nitrogens with two attached hydrogens (primary N) is 1. The third-order valence-corrected chi connectivity index (χ3v) is 3.06. The van der Waals surface area contributed by atoms with Crippen molar-refractivity contribution in [2.45, 2.75) is 13.0 Å². The molecule has 0 fully saturated rings. The lowest BCUT2D eigenvalue weighted by Crippen LogP contribution is -2.37. The van der Waals surface area contributed by atoms with E-state index in [1.807, 2.05) is 19.1 Å². The van der Waals surface area contributed by atoms with Crippen molar-refractivity contribution in [3.05, 3.63) is 32.7 Å². The largest absolute Gasteiger partial charge is 0.348 e. The first-order chi connectivity index (χ1) is 7.04. The van der Waals surface area contributed by atoms with E-state index in [1.165, 1.54) is 0 Å². The second-order valence-corrected chi connectivity index (χ2v) is 5.00. The zero-order valence-electron chi connectivity index (χ0n) is 8.26. The number of nitrogens with one attached hydrogen (secondary N) is 1. The number of benzene rings is 1. The molecule has 0 aliphatic rings. The molecule has 82 valence electrons. The molecule has 1 aromatic rings. The van der Waals surface area contributed by atoms with Crippen molar-refractivity contribution in [1.29, 1.82) is 0 Å². The van der Waals surface area contributed by atoms with Crippen LogP contribution in [0, 0.1) is 0 Å². The zero-order chi connectivity index (χ0) is 11.4. The molecule has 0 saturated carbocycles. The molecule has 1 atom stereocenters. The molecular formula is C10H12Br2N2O. The molecule has 1 rings (SSSR count). The summed E-state index contributed by atoms with van der Waals surface area (Å²) in [5, 5.41) is 2.80. The maximum atomic E-state index is 11.7. The molecule has 0 spiro atoms. The molecule has 0 heterocycles. The average molecular weight is 336 g/mol. The van der Waals surface area contributed by atoms with Crippen molar-refractivity contribution in [3.8, 4) is 0 Å². The van der Waals surface area contributed by atoms with Crippen LogP contribution in [0.25, 0.3) is 0 Å². The fraction of sp³-hybridized carbons (Fsp3) is 0.300. The molecule has 0 unspecified atom stereocenters. The van der Waals surface area contributed by atoms with Crippen LogP contribution in [0.15, 0.2) is 27.1 Å². The minimum Gasteiger partial charge on any atom is -0.348 e. The highest BCUT2D eigenvalue weighted by atomic mass is 79.9. The van der Waals surface area contributed by atoms with Gasteiger partial charge in [0.25, 0.3) is 5.91 Å². The fourth-order valence-electron chi connectivity index (χ4n) is 1.03. The lowest BCUT2D eigenvalue weighted by molar-refractivity contribution is 0.0940. The fourth-order valence-corrected chi connectivity index (χ4v) is 2.26. The summed E-state index contributed by atoms with van der Waals surface area (Å²) in [6.07, 6.45) is 0. The second kappa shape index (κ2) is 5.63. The van der Waals surface area contributed by atoms with Gasteiger partial charge in [-0.25, -0.2) is 0 Å². The van der Waals surface area contributed by atoms with Crippen LogP contribution in [-0.4, -0.2) is 18.5 Å². The Kier molecular flexibility index (Phi) is 4.76. The summed E-state index contributed by atoms with van der Waals surface area (Å²) in [4.78, 5) is 11.7. The van der Waals surface area contributed by atoms with E-state index in [2.05, 4.69) is 37.2 Å². The van der Waals surface area contributed by atoms with Crippen LogP contribution in [0.3, 0.4) is 0 Å². The minimum atomic E-state index is -0.118. The third-order valence-electron chi connectivity index (χ3n) is 1.91. The van der Waals surface area contributed by atoms with Gasteiger partial charge in [0, 0.05) is 21.5 Å². The Morgan fingerprint density at radius 2 is 2.20 bits per heavy atom. The lowest BCUT2D eigenvalue weighted by Gasteiger charge is -2.12. The van der Waals surface area contributed by atoms with E-state index < -0.39 is 0 Å². The normalized spacial score (nSPS) is 12.3. The summed E-state index contributed by atoms with van der Waals surface area (Å²) in [7, 11) is 0. The maximum absolute atomic E-state index is 11.7. The first-order valence-electron chi connectivity index (χ1n) is 4.50. The number of halogens is 2. The molecule has 3 nitrogen and oxygen atoms in total. The standard InChI is InChI=1S/C10H12Br2N2O/c1-6(5-13)14-10(15)8-3-2-7(11)4-9(8)12/h2-4,6H,5,13H2,1H3,(H,14,15)/t6-/m1/s1. The molecule has 0 aliphatic carbocycles. The Hall–Kier alpha value is -0.390. The van der Waals surface area contributed by atoms with Gasteiger partial charge in [-0.3, -0.25) is 4.79 Å². The maximum Gasteiger partial charge on any atom is 0.252 e. The van der Waals surface area contributed by atoms with Gasteiger partial charge in [0.15, 0.2) is 0 Å². The van der Waals surface area contributed by atoms with Gasteiger partial charge in [0.1, 0.15) is 0 Å². The number of rotatable bonds is 3. The van der Waals surface area contributed by atoms with Crippen molar-refractivity contribution in [3.63, 3.8) is 0 Å². The average Bonchev–Trinajstić information content (AvgIpc) is 2.17. The van der Waals surface area contributed by atoms with Crippen LogP contribution in [0.1, 0.15) is 17.3 Å². The molecule has 0 bridgehead atoms. The molecule has 15 heavy (non-hydrogen) atoms. The van der Waals surface area contributed by atoms with Gasteiger partial charge in [0.2, 0.25) is 0 Å². The summed E-state index contributed by atoms with van der Waals surface area (Å²) in [6, 6.07) is 5.40.